The van der Waals surface area contributed by atoms with Crippen LogP contribution in [0.1, 0.15) is 21.5 Å². The number of amides is 1. The number of hydrogen-bond donors (Lipinski definition) is 0. The first kappa shape index (κ1) is 23.6. The molecule has 5 nitrogen and oxygen atoms in total. The summed E-state index contributed by atoms with van der Waals surface area (Å²) in [6, 6.07) is 6.80. The Hall–Kier alpha value is -1.69. The number of halogens is 5. The van der Waals surface area contributed by atoms with Gasteiger partial charge in [-0.3, -0.25) is 4.79 Å². The minimum Gasteiger partial charge on any atom is -0.569 e. The summed E-state index contributed by atoms with van der Waals surface area (Å²) in [5.41, 5.74) is -6.55. The normalized spacial score (nSPS) is 14.2. The van der Waals surface area contributed by atoms with Gasteiger partial charge in [0.1, 0.15) is 11.6 Å². The van der Waals surface area contributed by atoms with E-state index in [-0.39, 0.29) is 60.2 Å². The SMILES string of the molecule is O=C1c2c(F)ccc(F)c2CCN1Cc1ccccc1[N-]S(=O)(=O)C(F)(F)F.[Na+]. The Morgan fingerprint density at radius 2 is 1.66 bits per heavy atom. The third-order valence-corrected chi connectivity index (χ3v) is 5.22. The second kappa shape index (κ2) is 8.58. The van der Waals surface area contributed by atoms with Crippen LogP contribution in [0.3, 0.4) is 0 Å². The van der Waals surface area contributed by atoms with Crippen LogP contribution in [-0.2, 0) is 23.0 Å². The molecule has 0 aromatic heterocycles. The van der Waals surface area contributed by atoms with Gasteiger partial charge in [-0.1, -0.05) is 24.3 Å². The second-order valence-corrected chi connectivity index (χ2v) is 7.60. The van der Waals surface area contributed by atoms with E-state index >= 15 is 0 Å². The molecule has 0 saturated heterocycles. The molecule has 12 heteroatoms. The third-order valence-electron chi connectivity index (χ3n) is 4.20. The number of nitrogens with zero attached hydrogens (tertiary/aromatic N) is 2. The molecule has 2 aromatic rings. The van der Waals surface area contributed by atoms with E-state index in [4.69, 9.17) is 0 Å². The number of hydrogen-bond acceptors (Lipinski definition) is 3. The molecule has 0 radical (unpaired) electrons. The molecule has 1 heterocycles. The summed E-state index contributed by atoms with van der Waals surface area (Å²) >= 11 is 0. The molecule has 3 rings (SSSR count). The van der Waals surface area contributed by atoms with Crippen molar-refractivity contribution in [2.45, 2.75) is 18.5 Å². The molecule has 0 atom stereocenters. The monoisotopic (exact) mass is 442 g/mol. The number of alkyl halides is 3. The Kier molecular flexibility index (Phi) is 6.98. The number of sulfonamides is 1. The average molecular weight is 442 g/mol. The number of benzene rings is 2. The van der Waals surface area contributed by atoms with Crippen LogP contribution >= 0.6 is 0 Å². The zero-order chi connectivity index (χ0) is 20.7. The second-order valence-electron chi connectivity index (χ2n) is 6.00. The van der Waals surface area contributed by atoms with E-state index in [1.807, 2.05) is 0 Å². The first-order valence-corrected chi connectivity index (χ1v) is 9.33. The molecule has 29 heavy (non-hydrogen) atoms. The van der Waals surface area contributed by atoms with Gasteiger partial charge < -0.3 is 9.62 Å². The van der Waals surface area contributed by atoms with Crippen LogP contribution in [0.25, 0.3) is 4.72 Å². The van der Waals surface area contributed by atoms with Crippen molar-refractivity contribution >= 4 is 21.6 Å². The van der Waals surface area contributed by atoms with Gasteiger partial charge in [0.25, 0.3) is 5.91 Å². The summed E-state index contributed by atoms with van der Waals surface area (Å²) in [6.07, 6.45) is 0.00479. The topological polar surface area (TPSA) is 68.6 Å². The number of carbonyl (C=O) groups excluding carboxylic acids is 1. The molecule has 0 aliphatic carbocycles. The first-order valence-electron chi connectivity index (χ1n) is 7.89. The number of carbonyl (C=O) groups is 1. The van der Waals surface area contributed by atoms with Gasteiger partial charge in [0.2, 0.25) is 0 Å². The molecular weight excluding hydrogens is 430 g/mol. The minimum atomic E-state index is -5.78. The largest absolute Gasteiger partial charge is 1.00 e. The van der Waals surface area contributed by atoms with Crippen LogP contribution < -0.4 is 29.6 Å². The van der Waals surface area contributed by atoms with Crippen LogP contribution in [0.2, 0.25) is 0 Å². The maximum atomic E-state index is 14.0. The van der Waals surface area contributed by atoms with E-state index in [2.05, 4.69) is 4.72 Å². The fourth-order valence-corrected chi connectivity index (χ4v) is 3.39. The van der Waals surface area contributed by atoms with Gasteiger partial charge in [-0.2, -0.15) is 13.2 Å². The van der Waals surface area contributed by atoms with Crippen molar-refractivity contribution in [3.8, 4) is 0 Å². The van der Waals surface area contributed by atoms with Crippen molar-refractivity contribution in [2.75, 3.05) is 6.54 Å². The number of fused-ring (bicyclic) bond motifs is 1. The summed E-state index contributed by atoms with van der Waals surface area (Å²) < 4.78 is 91.0. The molecule has 0 saturated carbocycles. The smallest absolute Gasteiger partial charge is 0.569 e. The molecule has 0 N–H and O–H groups in total. The predicted octanol–water partition coefficient (Wildman–Crippen LogP) is 1.02. The molecule has 0 spiro atoms. The third kappa shape index (κ3) is 4.73. The van der Waals surface area contributed by atoms with E-state index in [1.165, 1.54) is 18.2 Å². The van der Waals surface area contributed by atoms with Crippen molar-refractivity contribution < 1.29 is 64.7 Å². The van der Waals surface area contributed by atoms with Crippen LogP contribution in [0.15, 0.2) is 36.4 Å². The van der Waals surface area contributed by atoms with Crippen molar-refractivity contribution in [3.05, 3.63) is 69.4 Å². The summed E-state index contributed by atoms with van der Waals surface area (Å²) in [6.45, 7) is -0.339. The molecule has 1 amide bonds. The van der Waals surface area contributed by atoms with Crippen molar-refractivity contribution in [3.63, 3.8) is 0 Å². The van der Waals surface area contributed by atoms with E-state index in [9.17, 15) is 35.2 Å². The van der Waals surface area contributed by atoms with Gasteiger partial charge in [0.05, 0.1) is 5.56 Å². The van der Waals surface area contributed by atoms with Crippen LogP contribution in [0, 0.1) is 11.6 Å². The van der Waals surface area contributed by atoms with Gasteiger partial charge in [-0.25, -0.2) is 17.2 Å². The average Bonchev–Trinajstić information content (AvgIpc) is 2.60. The Labute approximate surface area is 185 Å². The standard InChI is InChI=1S/C17H12F5N2O3S.Na/c18-12-5-6-13(19)15-11(12)7-8-24(16(15)25)9-10-3-1-2-4-14(10)23-28(26,27)17(20,21)22;/h1-6H,7-9H2;/q-1;+1. The molecule has 0 fully saturated rings. The molecule has 1 aliphatic heterocycles. The Morgan fingerprint density at radius 3 is 2.31 bits per heavy atom. The Bertz CT molecular complexity index is 1040. The Morgan fingerprint density at radius 1 is 1.03 bits per heavy atom. The molecular formula is C17H12F5N2NaO3S. The van der Waals surface area contributed by atoms with Crippen LogP contribution in [0.5, 0.6) is 0 Å². The number of rotatable bonds is 4. The summed E-state index contributed by atoms with van der Waals surface area (Å²) in [7, 11) is -5.78. The molecule has 150 valence electrons. The molecule has 2 aromatic carbocycles. The van der Waals surface area contributed by atoms with Crippen LogP contribution in [0.4, 0.5) is 27.6 Å². The van der Waals surface area contributed by atoms with Gasteiger partial charge >= 0.3 is 35.1 Å². The van der Waals surface area contributed by atoms with Crippen molar-refractivity contribution in [1.82, 2.24) is 4.90 Å². The quantitative estimate of drug-likeness (QED) is 0.525. The zero-order valence-electron chi connectivity index (χ0n) is 15.0. The fraction of sp³-hybridized carbons (Fsp3) is 0.235. The fourth-order valence-electron chi connectivity index (χ4n) is 2.85. The van der Waals surface area contributed by atoms with E-state index in [1.54, 1.807) is 0 Å². The van der Waals surface area contributed by atoms with Gasteiger partial charge in [-0.15, -0.1) is 5.69 Å². The summed E-state index contributed by atoms with van der Waals surface area (Å²) in [5, 5.41) is 0. The maximum Gasteiger partial charge on any atom is 1.00 e. The van der Waals surface area contributed by atoms with E-state index in [0.717, 1.165) is 23.1 Å². The maximum absolute atomic E-state index is 14.0. The first-order chi connectivity index (χ1) is 13.0. The van der Waals surface area contributed by atoms with Crippen molar-refractivity contribution in [2.24, 2.45) is 0 Å². The van der Waals surface area contributed by atoms with E-state index < -0.39 is 44.3 Å². The molecule has 0 bridgehead atoms. The van der Waals surface area contributed by atoms with Gasteiger partial charge in [0, 0.05) is 18.7 Å². The van der Waals surface area contributed by atoms with Gasteiger partial charge in [0.15, 0.2) is 10.0 Å². The summed E-state index contributed by atoms with van der Waals surface area (Å²) in [4.78, 5) is 13.6. The minimum absolute atomic E-state index is 0. The molecule has 0 unspecified atom stereocenters. The van der Waals surface area contributed by atoms with Crippen molar-refractivity contribution in [1.29, 1.82) is 0 Å². The van der Waals surface area contributed by atoms with E-state index in [0.29, 0.717) is 0 Å². The zero-order valence-corrected chi connectivity index (χ0v) is 17.8. The van der Waals surface area contributed by atoms with Crippen LogP contribution in [-0.4, -0.2) is 31.3 Å². The predicted molar refractivity (Wildman–Crippen MR) is 89.2 cm³/mol. The Balaban J connectivity index is 0.00000300. The van der Waals surface area contributed by atoms with Gasteiger partial charge in [-0.05, 0) is 24.1 Å². The molecule has 1 aliphatic rings. The summed E-state index contributed by atoms with van der Waals surface area (Å²) in [5.74, 6) is -2.48.